The molecule has 0 radical (unpaired) electrons. The summed E-state index contributed by atoms with van der Waals surface area (Å²) in [7, 11) is 0. The maximum atomic E-state index is 14.0. The second-order valence-corrected chi connectivity index (χ2v) is 8.28. The van der Waals surface area contributed by atoms with Crippen LogP contribution in [0.4, 0.5) is 13.2 Å². The van der Waals surface area contributed by atoms with Crippen LogP contribution in [0.1, 0.15) is 26.7 Å². The van der Waals surface area contributed by atoms with Crippen molar-refractivity contribution in [1.29, 1.82) is 0 Å². The van der Waals surface area contributed by atoms with Gasteiger partial charge < -0.3 is 9.32 Å². The fourth-order valence-corrected chi connectivity index (χ4v) is 4.84. The Labute approximate surface area is 173 Å². The lowest BCUT2D eigenvalue weighted by Crippen LogP contribution is -2.35. The largest absolute Gasteiger partial charge is 0.448 e. The topological polar surface area (TPSA) is 46.3 Å². The number of hydrogen-bond acceptors (Lipinski definition) is 4. The first kappa shape index (κ1) is 18.9. The summed E-state index contributed by atoms with van der Waals surface area (Å²) in [4.78, 5) is 20.1. The van der Waals surface area contributed by atoms with Gasteiger partial charge in [0.25, 0.3) is 5.91 Å². The highest BCUT2D eigenvalue weighted by molar-refractivity contribution is 7.15. The third-order valence-electron chi connectivity index (χ3n) is 5.24. The molecule has 0 atom stereocenters. The van der Waals surface area contributed by atoms with Crippen LogP contribution in [0.2, 0.25) is 0 Å². The molecule has 4 aromatic rings. The van der Waals surface area contributed by atoms with Crippen LogP contribution < -0.4 is 0 Å². The van der Waals surface area contributed by atoms with E-state index < -0.39 is 17.5 Å². The van der Waals surface area contributed by atoms with Gasteiger partial charge in [0.2, 0.25) is 0 Å². The summed E-state index contributed by atoms with van der Waals surface area (Å²) < 4.78 is 46.7. The first-order chi connectivity index (χ1) is 14.4. The van der Waals surface area contributed by atoms with Gasteiger partial charge in [-0.25, -0.2) is 18.2 Å². The summed E-state index contributed by atoms with van der Waals surface area (Å²) in [6.07, 6.45) is 0.517. The van der Waals surface area contributed by atoms with Crippen LogP contribution in [0.15, 0.2) is 40.8 Å². The van der Waals surface area contributed by atoms with E-state index in [0.29, 0.717) is 41.0 Å². The molecule has 0 saturated heterocycles. The van der Waals surface area contributed by atoms with Gasteiger partial charge in [-0.15, -0.1) is 11.3 Å². The molecule has 0 saturated carbocycles. The number of nitrogens with zero attached hydrogens (tertiary/aromatic N) is 2. The average molecular weight is 428 g/mol. The average Bonchev–Trinajstić information content (AvgIpc) is 3.29. The maximum Gasteiger partial charge on any atom is 0.290 e. The lowest BCUT2D eigenvalue weighted by atomic mass is 10.1. The number of benzene rings is 2. The third kappa shape index (κ3) is 3.08. The molecule has 0 fully saturated rings. The van der Waals surface area contributed by atoms with Crippen molar-refractivity contribution in [3.05, 3.63) is 75.7 Å². The summed E-state index contributed by atoms with van der Waals surface area (Å²) in [5.41, 5.74) is 1.86. The second kappa shape index (κ2) is 6.98. The summed E-state index contributed by atoms with van der Waals surface area (Å²) >= 11 is 1.30. The van der Waals surface area contributed by atoms with Crippen molar-refractivity contribution in [3.63, 3.8) is 0 Å². The molecule has 152 valence electrons. The van der Waals surface area contributed by atoms with E-state index in [9.17, 15) is 18.0 Å². The Morgan fingerprint density at radius 2 is 1.93 bits per heavy atom. The third-order valence-corrected chi connectivity index (χ3v) is 6.37. The van der Waals surface area contributed by atoms with E-state index in [-0.39, 0.29) is 17.3 Å². The predicted molar refractivity (Wildman–Crippen MR) is 107 cm³/mol. The first-order valence-electron chi connectivity index (χ1n) is 9.32. The Balaban J connectivity index is 1.45. The summed E-state index contributed by atoms with van der Waals surface area (Å²) in [5.74, 6) is -2.04. The molecular weight excluding hydrogens is 413 g/mol. The highest BCUT2D eigenvalue weighted by Gasteiger charge is 2.29. The molecule has 1 aliphatic rings. The van der Waals surface area contributed by atoms with Gasteiger partial charge in [0.1, 0.15) is 16.6 Å². The van der Waals surface area contributed by atoms with Crippen LogP contribution >= 0.6 is 11.3 Å². The normalized spacial score (nSPS) is 13.7. The van der Waals surface area contributed by atoms with E-state index in [1.54, 1.807) is 24.0 Å². The van der Waals surface area contributed by atoms with E-state index >= 15 is 0 Å². The minimum Gasteiger partial charge on any atom is -0.448 e. The molecule has 5 rings (SSSR count). The molecule has 0 bridgehead atoms. The lowest BCUT2D eigenvalue weighted by molar-refractivity contribution is 0.0705. The van der Waals surface area contributed by atoms with Crippen LogP contribution in [-0.2, 0) is 13.0 Å². The van der Waals surface area contributed by atoms with Crippen LogP contribution in [0.5, 0.6) is 0 Å². The molecular formula is C22H15F3N2O2S. The van der Waals surface area contributed by atoms with Gasteiger partial charge in [-0.2, -0.15) is 0 Å². The molecule has 1 aliphatic heterocycles. The van der Waals surface area contributed by atoms with Crippen molar-refractivity contribution in [3.8, 4) is 10.6 Å². The molecule has 8 heteroatoms. The number of halogens is 3. The van der Waals surface area contributed by atoms with Crippen molar-refractivity contribution in [2.24, 2.45) is 0 Å². The predicted octanol–water partition coefficient (Wildman–Crippen LogP) is 5.48. The smallest absolute Gasteiger partial charge is 0.290 e. The molecule has 2 aromatic carbocycles. The van der Waals surface area contributed by atoms with Crippen LogP contribution in [0.25, 0.3) is 21.5 Å². The molecule has 2 aromatic heterocycles. The fourth-order valence-electron chi connectivity index (χ4n) is 3.73. The van der Waals surface area contributed by atoms with Gasteiger partial charge in [0.05, 0.1) is 12.2 Å². The number of hydrogen-bond donors (Lipinski definition) is 0. The number of para-hydroxylation sites is 1. The van der Waals surface area contributed by atoms with Crippen molar-refractivity contribution in [1.82, 2.24) is 9.88 Å². The van der Waals surface area contributed by atoms with Gasteiger partial charge in [-0.3, -0.25) is 4.79 Å². The minimum atomic E-state index is -0.664. The quantitative estimate of drug-likeness (QED) is 0.425. The number of rotatable bonds is 2. The minimum absolute atomic E-state index is 0.0734. The van der Waals surface area contributed by atoms with E-state index in [0.717, 1.165) is 16.6 Å². The first-order valence-corrected chi connectivity index (χ1v) is 10.1. The van der Waals surface area contributed by atoms with Crippen LogP contribution in [-0.4, -0.2) is 22.3 Å². The van der Waals surface area contributed by atoms with E-state index in [1.807, 2.05) is 0 Å². The van der Waals surface area contributed by atoms with Gasteiger partial charge in [0.15, 0.2) is 17.2 Å². The zero-order valence-corrected chi connectivity index (χ0v) is 16.7. The number of aromatic nitrogens is 1. The van der Waals surface area contributed by atoms with Crippen LogP contribution in [0.3, 0.4) is 0 Å². The van der Waals surface area contributed by atoms with Crippen molar-refractivity contribution < 1.29 is 22.4 Å². The van der Waals surface area contributed by atoms with E-state index in [4.69, 9.17) is 4.42 Å². The lowest BCUT2D eigenvalue weighted by Gasteiger charge is -2.25. The summed E-state index contributed by atoms with van der Waals surface area (Å²) in [6, 6.07) is 7.88. The van der Waals surface area contributed by atoms with E-state index in [2.05, 4.69) is 4.98 Å². The summed E-state index contributed by atoms with van der Waals surface area (Å²) in [6.45, 7) is 2.46. The number of aryl methyl sites for hydroxylation is 1. The molecule has 1 amide bonds. The number of carbonyl (C=O) groups is 1. The van der Waals surface area contributed by atoms with Gasteiger partial charge >= 0.3 is 0 Å². The van der Waals surface area contributed by atoms with Crippen molar-refractivity contribution >= 4 is 28.2 Å². The molecule has 0 spiro atoms. The molecule has 4 nitrogen and oxygen atoms in total. The number of fused-ring (bicyclic) bond motifs is 2. The number of amides is 1. The summed E-state index contributed by atoms with van der Waals surface area (Å²) in [5, 5.41) is 1.08. The Bertz CT molecular complexity index is 1290. The van der Waals surface area contributed by atoms with Gasteiger partial charge in [-0.05, 0) is 25.1 Å². The number of furan rings is 1. The zero-order chi connectivity index (χ0) is 21.0. The standard InChI is InChI=1S/C22H15F3N2O2S/c1-11-15-3-2-4-16(25)20(15)29-19(11)22(28)27-6-5-17-18(10-27)30-21(26-17)12-7-13(23)9-14(24)8-12/h2-4,7-9H,5-6,10H2,1H3. The molecule has 0 unspecified atom stereocenters. The Morgan fingerprint density at radius 1 is 1.17 bits per heavy atom. The molecule has 3 heterocycles. The molecule has 30 heavy (non-hydrogen) atoms. The Hall–Kier alpha value is -3.13. The van der Waals surface area contributed by atoms with E-state index in [1.165, 1.54) is 29.5 Å². The maximum absolute atomic E-state index is 14.0. The molecule has 0 N–H and O–H groups in total. The number of carbonyl (C=O) groups excluding carboxylic acids is 1. The monoisotopic (exact) mass is 428 g/mol. The highest BCUT2D eigenvalue weighted by atomic mass is 32.1. The number of thiazole rings is 1. The molecule has 0 aliphatic carbocycles. The van der Waals surface area contributed by atoms with Crippen molar-refractivity contribution in [2.75, 3.05) is 6.54 Å². The highest BCUT2D eigenvalue weighted by Crippen LogP contribution is 2.34. The van der Waals surface area contributed by atoms with Crippen molar-refractivity contribution in [2.45, 2.75) is 19.9 Å². The zero-order valence-electron chi connectivity index (χ0n) is 15.8. The Kier molecular flexibility index (Phi) is 4.39. The fraction of sp³-hybridized carbons (Fsp3) is 0.182. The SMILES string of the molecule is Cc1c(C(=O)N2CCc3nc(-c4cc(F)cc(F)c4)sc3C2)oc2c(F)cccc12. The van der Waals surface area contributed by atoms with Gasteiger partial charge in [0, 0.05) is 40.4 Å². The van der Waals surface area contributed by atoms with Crippen LogP contribution in [0, 0.1) is 24.4 Å². The Morgan fingerprint density at radius 3 is 2.67 bits per heavy atom. The second-order valence-electron chi connectivity index (χ2n) is 7.20. The van der Waals surface area contributed by atoms with Gasteiger partial charge in [-0.1, -0.05) is 12.1 Å².